The number of hydrogen-bond acceptors (Lipinski definition) is 6. The van der Waals surface area contributed by atoms with Crippen LogP contribution in [0, 0.1) is 6.92 Å². The normalized spacial score (nSPS) is 15.2. The van der Waals surface area contributed by atoms with Crippen molar-refractivity contribution in [2.75, 3.05) is 49.0 Å². The Kier molecular flexibility index (Phi) is 7.41. The van der Waals surface area contributed by atoms with Crippen molar-refractivity contribution in [3.63, 3.8) is 0 Å². The number of likely N-dealkylation sites (N-methyl/N-ethyl adjacent to an activating group) is 1. The smallest absolute Gasteiger partial charge is 0.372 e. The Labute approximate surface area is 220 Å². The molecule has 0 radical (unpaired) electrons. The van der Waals surface area contributed by atoms with E-state index in [1.807, 2.05) is 40.7 Å². The van der Waals surface area contributed by atoms with Crippen molar-refractivity contribution in [2.45, 2.75) is 18.2 Å². The summed E-state index contributed by atoms with van der Waals surface area (Å²) in [5.41, 5.74) is 4.19. The average Bonchev–Trinajstić information content (AvgIpc) is 3.26. The molecule has 1 aliphatic rings. The van der Waals surface area contributed by atoms with E-state index >= 15 is 0 Å². The summed E-state index contributed by atoms with van der Waals surface area (Å²) in [7, 11) is 2.13. The van der Waals surface area contributed by atoms with Gasteiger partial charge in [0, 0.05) is 43.2 Å². The number of carboxylic acid groups (broad SMARTS) is 1. The number of anilines is 2. The van der Waals surface area contributed by atoms with Crippen LogP contribution in [-0.4, -0.2) is 60.3 Å². The van der Waals surface area contributed by atoms with Crippen molar-refractivity contribution in [1.29, 1.82) is 0 Å². The van der Waals surface area contributed by atoms with Gasteiger partial charge in [0.25, 0.3) is 0 Å². The molecule has 0 amide bonds. The molecule has 7 nitrogen and oxygen atoms in total. The highest BCUT2D eigenvalue weighted by Gasteiger charge is 2.29. The number of furan rings is 1. The number of aromatic carboxylic acids is 1. The highest BCUT2D eigenvalue weighted by Crippen LogP contribution is 2.35. The third-order valence-corrected chi connectivity index (χ3v) is 8.38. The molecule has 0 saturated carbocycles. The minimum Gasteiger partial charge on any atom is -0.588 e. The molecule has 37 heavy (non-hydrogen) atoms. The number of carbonyl (C=O) groups is 1. The zero-order valence-electron chi connectivity index (χ0n) is 21.1. The number of fused-ring (bicyclic) bond motifs is 1. The Hall–Kier alpha value is -3.46. The molecule has 2 heterocycles. The van der Waals surface area contributed by atoms with Crippen LogP contribution >= 0.6 is 0 Å². The first-order valence-electron chi connectivity index (χ1n) is 12.4. The van der Waals surface area contributed by atoms with Crippen LogP contribution in [0.4, 0.5) is 11.4 Å². The van der Waals surface area contributed by atoms with Gasteiger partial charge < -0.3 is 23.9 Å². The molecule has 192 valence electrons. The lowest BCUT2D eigenvalue weighted by molar-refractivity contribution is 0.0664. The summed E-state index contributed by atoms with van der Waals surface area (Å²) in [6.07, 6.45) is 0.736. The van der Waals surface area contributed by atoms with Crippen LogP contribution in [0.3, 0.4) is 0 Å². The molecule has 1 N–H and O–H groups in total. The van der Waals surface area contributed by atoms with Crippen molar-refractivity contribution in [3.05, 3.63) is 89.7 Å². The number of rotatable bonds is 8. The zero-order valence-corrected chi connectivity index (χ0v) is 21.9. The highest BCUT2D eigenvalue weighted by molar-refractivity contribution is 7.92. The van der Waals surface area contributed by atoms with Crippen molar-refractivity contribution in [3.8, 4) is 0 Å². The second-order valence-electron chi connectivity index (χ2n) is 9.39. The van der Waals surface area contributed by atoms with E-state index in [2.05, 4.69) is 35.0 Å². The predicted octanol–water partition coefficient (Wildman–Crippen LogP) is 4.96. The summed E-state index contributed by atoms with van der Waals surface area (Å²) in [6, 6.07) is 23.6. The van der Waals surface area contributed by atoms with E-state index in [0.717, 1.165) is 44.0 Å². The average molecular weight is 518 g/mol. The van der Waals surface area contributed by atoms with E-state index in [0.29, 0.717) is 28.0 Å². The van der Waals surface area contributed by atoms with Crippen molar-refractivity contribution < 1.29 is 18.9 Å². The number of para-hydroxylation sites is 2. The highest BCUT2D eigenvalue weighted by atomic mass is 32.2. The zero-order chi connectivity index (χ0) is 25.9. The van der Waals surface area contributed by atoms with Crippen molar-refractivity contribution in [1.82, 2.24) is 4.90 Å². The Morgan fingerprint density at radius 3 is 2.46 bits per heavy atom. The first-order valence-corrected chi connectivity index (χ1v) is 13.6. The lowest BCUT2D eigenvalue weighted by Gasteiger charge is -2.37. The van der Waals surface area contributed by atoms with E-state index in [1.165, 1.54) is 5.56 Å². The van der Waals surface area contributed by atoms with Crippen LogP contribution in [0.15, 0.2) is 82.1 Å². The summed E-state index contributed by atoms with van der Waals surface area (Å²) >= 11 is -1.53. The van der Waals surface area contributed by atoms with Gasteiger partial charge in [-0.25, -0.2) is 4.79 Å². The molecule has 0 bridgehead atoms. The van der Waals surface area contributed by atoms with Gasteiger partial charge in [-0.15, -0.1) is 0 Å². The standard InChI is InChI=1S/C29H31N3O4S/c1-21-24-20-23(12-13-27(24)36-28(21)29(33)34)37(35)32(15-14-22-8-4-3-5-9-22)26-11-7-6-10-25(26)31-18-16-30(2)17-19-31/h3-13,20H,14-19H2,1-2H3,(H,33,34). The fourth-order valence-corrected chi connectivity index (χ4v) is 6.05. The summed E-state index contributed by atoms with van der Waals surface area (Å²) < 4.78 is 21.7. The van der Waals surface area contributed by atoms with E-state index < -0.39 is 17.3 Å². The number of aryl methyl sites for hydroxylation is 1. The molecule has 8 heteroatoms. The number of benzene rings is 3. The SMILES string of the molecule is Cc1c(C(=O)O)oc2ccc([S+]([O-])N(CCc3ccccc3)c3ccccc3N3CCN(C)CC3)cc12. The van der Waals surface area contributed by atoms with Gasteiger partial charge in [-0.3, -0.25) is 0 Å². The largest absolute Gasteiger partial charge is 0.588 e. The summed E-state index contributed by atoms with van der Waals surface area (Å²) in [4.78, 5) is 16.9. The molecular formula is C29H31N3O4S. The van der Waals surface area contributed by atoms with Crippen LogP contribution in [0.5, 0.6) is 0 Å². The van der Waals surface area contributed by atoms with Gasteiger partial charge >= 0.3 is 5.97 Å². The van der Waals surface area contributed by atoms with Gasteiger partial charge in [-0.2, -0.15) is 4.31 Å². The van der Waals surface area contributed by atoms with Gasteiger partial charge in [0.2, 0.25) is 5.76 Å². The predicted molar refractivity (Wildman–Crippen MR) is 148 cm³/mol. The molecular weight excluding hydrogens is 486 g/mol. The first kappa shape index (κ1) is 25.2. The number of nitrogens with zero attached hydrogens (tertiary/aromatic N) is 3. The number of hydrogen-bond donors (Lipinski definition) is 1. The van der Waals surface area contributed by atoms with Gasteiger partial charge in [-0.1, -0.05) is 42.5 Å². The summed E-state index contributed by atoms with van der Waals surface area (Å²) in [5.74, 6) is -1.19. The van der Waals surface area contributed by atoms with Crippen LogP contribution in [0.1, 0.15) is 21.7 Å². The maximum absolute atomic E-state index is 14.2. The lowest BCUT2D eigenvalue weighted by Crippen LogP contribution is -2.45. The number of piperazine rings is 1. The monoisotopic (exact) mass is 517 g/mol. The number of carboxylic acids is 1. The minimum atomic E-state index is -1.53. The van der Waals surface area contributed by atoms with E-state index in [9.17, 15) is 14.5 Å². The maximum Gasteiger partial charge on any atom is 0.372 e. The van der Waals surface area contributed by atoms with E-state index in [-0.39, 0.29) is 5.76 Å². The second kappa shape index (κ2) is 10.9. The van der Waals surface area contributed by atoms with Gasteiger partial charge in [0.15, 0.2) is 4.90 Å². The molecule has 4 aromatic rings. The third kappa shape index (κ3) is 5.32. The van der Waals surface area contributed by atoms with Crippen LogP contribution in [-0.2, 0) is 17.8 Å². The fraction of sp³-hybridized carbons (Fsp3) is 0.276. The molecule has 1 saturated heterocycles. The topological polar surface area (TPSA) is 83.2 Å². The minimum absolute atomic E-state index is 0.0840. The first-order chi connectivity index (χ1) is 17.9. The van der Waals surface area contributed by atoms with Crippen molar-refractivity contribution in [2.24, 2.45) is 0 Å². The molecule has 1 aromatic heterocycles. The Balaban J connectivity index is 1.53. The lowest BCUT2D eigenvalue weighted by atomic mass is 10.1. The summed E-state index contributed by atoms with van der Waals surface area (Å²) in [5, 5.41) is 10.1. The maximum atomic E-state index is 14.2. The quantitative estimate of drug-likeness (QED) is 0.331. The second-order valence-corrected chi connectivity index (χ2v) is 10.8. The van der Waals surface area contributed by atoms with E-state index in [4.69, 9.17) is 4.42 Å². The molecule has 0 spiro atoms. The van der Waals surface area contributed by atoms with Crippen LogP contribution < -0.4 is 9.21 Å². The van der Waals surface area contributed by atoms with Gasteiger partial charge in [0.05, 0.1) is 12.2 Å². The van der Waals surface area contributed by atoms with Gasteiger partial charge in [-0.05, 0) is 50.2 Å². The van der Waals surface area contributed by atoms with Gasteiger partial charge in [0.1, 0.15) is 22.6 Å². The third-order valence-electron chi connectivity index (χ3n) is 6.94. The molecule has 1 unspecified atom stereocenters. The Morgan fingerprint density at radius 1 is 1.03 bits per heavy atom. The summed E-state index contributed by atoms with van der Waals surface area (Å²) in [6.45, 7) is 6.05. The Morgan fingerprint density at radius 2 is 1.73 bits per heavy atom. The fourth-order valence-electron chi connectivity index (χ4n) is 4.80. The molecule has 1 fully saturated rings. The Bertz CT molecular complexity index is 1380. The molecule has 5 rings (SSSR count). The van der Waals surface area contributed by atoms with E-state index in [1.54, 1.807) is 25.1 Å². The molecule has 1 aliphatic heterocycles. The molecule has 0 aliphatic carbocycles. The molecule has 1 atom stereocenters. The van der Waals surface area contributed by atoms with Crippen LogP contribution in [0.25, 0.3) is 11.0 Å². The molecule has 3 aromatic carbocycles. The van der Waals surface area contributed by atoms with Crippen LogP contribution in [0.2, 0.25) is 0 Å². The van der Waals surface area contributed by atoms with Crippen molar-refractivity contribution >= 4 is 39.7 Å².